The molecule has 0 spiro atoms. The first-order chi connectivity index (χ1) is 15.5. The number of methoxy groups -OCH3 is 2. The van der Waals surface area contributed by atoms with Gasteiger partial charge in [0.25, 0.3) is 0 Å². The minimum absolute atomic E-state index is 0.0348. The molecule has 2 aromatic carbocycles. The van der Waals surface area contributed by atoms with Crippen molar-refractivity contribution in [2.45, 2.75) is 6.17 Å². The number of rotatable bonds is 6. The Bertz CT molecular complexity index is 1050. The zero-order chi connectivity index (χ0) is 22.7. The van der Waals surface area contributed by atoms with E-state index < -0.39 is 0 Å². The summed E-state index contributed by atoms with van der Waals surface area (Å²) in [6, 6.07) is 12.4. The molecule has 0 saturated carbocycles. The quantitative estimate of drug-likeness (QED) is 0.589. The average molecular weight is 476 g/mol. The summed E-state index contributed by atoms with van der Waals surface area (Å²) in [5.41, 5.74) is 7.12. The first-order valence-electron chi connectivity index (χ1n) is 9.81. The van der Waals surface area contributed by atoms with Gasteiger partial charge in [-0.05, 0) is 18.2 Å². The van der Waals surface area contributed by atoms with Crippen molar-refractivity contribution < 1.29 is 19.1 Å². The van der Waals surface area contributed by atoms with Crippen molar-refractivity contribution in [3.8, 4) is 11.5 Å². The van der Waals surface area contributed by atoms with Crippen LogP contribution in [0.15, 0.2) is 47.5 Å². The monoisotopic (exact) mass is 475 g/mol. The van der Waals surface area contributed by atoms with Crippen molar-refractivity contribution in [3.63, 3.8) is 0 Å². The predicted octanol–water partition coefficient (Wildman–Crippen LogP) is 2.48. The second-order valence-corrected chi connectivity index (χ2v) is 8.37. The molecule has 32 heavy (non-hydrogen) atoms. The van der Waals surface area contributed by atoms with Crippen molar-refractivity contribution >= 4 is 51.7 Å². The number of anilines is 2. The highest BCUT2D eigenvalue weighted by Crippen LogP contribution is 2.36. The number of nitrogens with zero attached hydrogens (tertiary/aromatic N) is 2. The molecule has 2 aliphatic rings. The largest absolute Gasteiger partial charge is 0.495 e. The first-order valence-corrected chi connectivity index (χ1v) is 11.2. The van der Waals surface area contributed by atoms with Crippen LogP contribution in [0.1, 0.15) is 0 Å². The van der Waals surface area contributed by atoms with Crippen molar-refractivity contribution in [1.82, 2.24) is 10.9 Å². The number of para-hydroxylation sites is 1. The smallest absolute Gasteiger partial charge is 0.241 e. The van der Waals surface area contributed by atoms with E-state index in [1.807, 2.05) is 30.3 Å². The van der Waals surface area contributed by atoms with Crippen molar-refractivity contribution in [1.29, 1.82) is 0 Å². The summed E-state index contributed by atoms with van der Waals surface area (Å²) in [6.07, 6.45) is -0.367. The molecule has 0 bridgehead atoms. The van der Waals surface area contributed by atoms with E-state index in [-0.39, 0.29) is 29.7 Å². The number of carbonyl (C=O) groups is 2. The lowest BCUT2D eigenvalue weighted by molar-refractivity contribution is -0.121. The van der Waals surface area contributed by atoms with Gasteiger partial charge < -0.3 is 14.8 Å². The Hall–Kier alpha value is -2.79. The maximum atomic E-state index is 13.1. The minimum Gasteiger partial charge on any atom is -0.495 e. The van der Waals surface area contributed by atoms with Gasteiger partial charge in [0.2, 0.25) is 11.8 Å². The van der Waals surface area contributed by atoms with Crippen LogP contribution in [-0.4, -0.2) is 49.7 Å². The van der Waals surface area contributed by atoms with Crippen LogP contribution in [0.4, 0.5) is 11.4 Å². The Morgan fingerprint density at radius 1 is 1.25 bits per heavy atom. The van der Waals surface area contributed by atoms with E-state index in [2.05, 4.69) is 21.2 Å². The molecule has 1 saturated heterocycles. The molecule has 2 atom stereocenters. The number of thioether (sulfide) groups is 1. The van der Waals surface area contributed by atoms with Crippen LogP contribution in [0.5, 0.6) is 11.5 Å². The SMILES string of the molecule is COc1cc(OC)c(NC(=O)CSC2=NC3NNCC3C(=O)N2c2ccccc2)cc1Cl. The second kappa shape index (κ2) is 9.78. The topological polar surface area (TPSA) is 104 Å². The summed E-state index contributed by atoms with van der Waals surface area (Å²) < 4.78 is 10.5. The van der Waals surface area contributed by atoms with E-state index in [0.717, 1.165) is 0 Å². The molecule has 2 amide bonds. The third-order valence-corrected chi connectivity index (χ3v) is 6.27. The Morgan fingerprint density at radius 3 is 2.72 bits per heavy atom. The van der Waals surface area contributed by atoms with E-state index in [4.69, 9.17) is 21.1 Å². The van der Waals surface area contributed by atoms with Gasteiger partial charge in [0.15, 0.2) is 5.17 Å². The molecule has 168 valence electrons. The molecule has 0 aliphatic carbocycles. The summed E-state index contributed by atoms with van der Waals surface area (Å²) in [5, 5.41) is 3.59. The van der Waals surface area contributed by atoms with Gasteiger partial charge in [-0.1, -0.05) is 41.6 Å². The van der Waals surface area contributed by atoms with Crippen LogP contribution < -0.4 is 30.5 Å². The Morgan fingerprint density at radius 2 is 2.00 bits per heavy atom. The maximum absolute atomic E-state index is 13.1. The van der Waals surface area contributed by atoms with Gasteiger partial charge in [0.05, 0.1) is 42.3 Å². The lowest BCUT2D eigenvalue weighted by atomic mass is 10.1. The number of ether oxygens (including phenoxy) is 2. The fraction of sp³-hybridized carbons (Fsp3) is 0.286. The summed E-state index contributed by atoms with van der Waals surface area (Å²) in [4.78, 5) is 32.1. The van der Waals surface area contributed by atoms with Crippen molar-refractivity contribution in [3.05, 3.63) is 47.5 Å². The van der Waals surface area contributed by atoms with Gasteiger partial charge in [-0.25, -0.2) is 10.4 Å². The van der Waals surface area contributed by atoms with Gasteiger partial charge in [0.1, 0.15) is 17.7 Å². The summed E-state index contributed by atoms with van der Waals surface area (Å²) in [6.45, 7) is 0.493. The van der Waals surface area contributed by atoms with Crippen molar-refractivity contribution in [2.75, 3.05) is 36.7 Å². The number of nitrogens with one attached hydrogen (secondary N) is 3. The Kier molecular flexibility index (Phi) is 6.85. The fourth-order valence-corrected chi connectivity index (χ4v) is 4.54. The molecule has 2 aromatic rings. The van der Waals surface area contributed by atoms with Crippen LogP contribution in [0.25, 0.3) is 0 Å². The average Bonchev–Trinajstić information content (AvgIpc) is 3.27. The molecule has 9 nitrogen and oxygen atoms in total. The van der Waals surface area contributed by atoms with E-state index in [0.29, 0.717) is 39.6 Å². The number of halogens is 1. The highest BCUT2D eigenvalue weighted by Gasteiger charge is 2.42. The molecular formula is C21H22ClN5O4S. The minimum atomic E-state index is -0.367. The first kappa shape index (κ1) is 22.4. The van der Waals surface area contributed by atoms with Gasteiger partial charge in [-0.15, -0.1) is 0 Å². The maximum Gasteiger partial charge on any atom is 0.241 e. The van der Waals surface area contributed by atoms with E-state index in [9.17, 15) is 9.59 Å². The Labute approximate surface area is 194 Å². The van der Waals surface area contributed by atoms with Crippen LogP contribution in [-0.2, 0) is 9.59 Å². The molecule has 2 unspecified atom stereocenters. The lowest BCUT2D eigenvalue weighted by Crippen LogP contribution is -2.49. The number of aliphatic imine (C=N–C) groups is 1. The molecular weight excluding hydrogens is 454 g/mol. The molecule has 0 radical (unpaired) electrons. The lowest BCUT2D eigenvalue weighted by Gasteiger charge is -2.32. The standard InChI is InChI=1S/C21H22ClN5O4S/c1-30-16-9-17(31-2)15(8-14(16)22)24-18(28)11-32-21-25-19-13(10-23-26-19)20(29)27(21)12-6-4-3-5-7-12/h3-9,13,19,23,26H,10-11H2,1-2H3,(H,24,28). The number of hydrogen-bond donors (Lipinski definition) is 3. The van der Waals surface area contributed by atoms with Crippen molar-refractivity contribution in [2.24, 2.45) is 10.9 Å². The van der Waals surface area contributed by atoms with Gasteiger partial charge in [-0.3, -0.25) is 19.9 Å². The fourth-order valence-electron chi connectivity index (χ4n) is 3.46. The van der Waals surface area contributed by atoms with Crippen LogP contribution >= 0.6 is 23.4 Å². The molecule has 4 rings (SSSR count). The molecule has 0 aromatic heterocycles. The van der Waals surface area contributed by atoms with Gasteiger partial charge >= 0.3 is 0 Å². The van der Waals surface area contributed by atoms with Crippen LogP contribution in [0.2, 0.25) is 5.02 Å². The van der Waals surface area contributed by atoms with Crippen LogP contribution in [0.3, 0.4) is 0 Å². The number of benzene rings is 2. The van der Waals surface area contributed by atoms with Crippen LogP contribution in [0, 0.1) is 5.92 Å². The number of hydrogen-bond acceptors (Lipinski definition) is 8. The summed E-state index contributed by atoms with van der Waals surface area (Å²) >= 11 is 7.36. The number of amidine groups is 1. The van der Waals surface area contributed by atoms with Gasteiger partial charge in [-0.2, -0.15) is 0 Å². The summed E-state index contributed by atoms with van der Waals surface area (Å²) in [7, 11) is 2.99. The summed E-state index contributed by atoms with van der Waals surface area (Å²) in [5.74, 6) is 0.227. The molecule has 11 heteroatoms. The Balaban J connectivity index is 1.51. The third-order valence-electron chi connectivity index (χ3n) is 5.03. The van der Waals surface area contributed by atoms with Gasteiger partial charge in [0, 0.05) is 12.6 Å². The highest BCUT2D eigenvalue weighted by atomic mass is 35.5. The molecule has 2 aliphatic heterocycles. The normalized spacial score (nSPS) is 19.9. The third kappa shape index (κ3) is 4.53. The molecule has 2 heterocycles. The zero-order valence-electron chi connectivity index (χ0n) is 17.4. The number of hydrazine groups is 1. The highest BCUT2D eigenvalue weighted by molar-refractivity contribution is 8.14. The zero-order valence-corrected chi connectivity index (χ0v) is 19.0. The van der Waals surface area contributed by atoms with E-state index in [1.54, 1.807) is 17.0 Å². The second-order valence-electron chi connectivity index (χ2n) is 7.02. The molecule has 3 N–H and O–H groups in total. The van der Waals surface area contributed by atoms with E-state index in [1.165, 1.54) is 26.0 Å². The number of carbonyl (C=O) groups excluding carboxylic acids is 2. The number of fused-ring (bicyclic) bond motifs is 1. The number of amides is 2. The predicted molar refractivity (Wildman–Crippen MR) is 125 cm³/mol. The van der Waals surface area contributed by atoms with E-state index >= 15 is 0 Å². The molecule has 1 fully saturated rings.